The molecule has 2 aromatic rings. The van der Waals surface area contributed by atoms with Crippen molar-refractivity contribution in [1.82, 2.24) is 5.43 Å². The summed E-state index contributed by atoms with van der Waals surface area (Å²) >= 11 is 7.74. The van der Waals surface area contributed by atoms with E-state index in [2.05, 4.69) is 22.9 Å². The summed E-state index contributed by atoms with van der Waals surface area (Å²) in [6.45, 7) is 0. The van der Waals surface area contributed by atoms with Crippen LogP contribution >= 0.6 is 22.9 Å². The minimum absolute atomic E-state index is 0.106. The molecule has 2 nitrogen and oxygen atoms in total. The number of halogens is 2. The van der Waals surface area contributed by atoms with Gasteiger partial charge in [-0.05, 0) is 48.8 Å². The van der Waals surface area contributed by atoms with Gasteiger partial charge >= 0.3 is 0 Å². The molecule has 1 aromatic heterocycles. The molecule has 3 N–H and O–H groups in total. The average molecular weight is 313 g/mol. The van der Waals surface area contributed by atoms with Crippen LogP contribution in [-0.4, -0.2) is 6.04 Å². The van der Waals surface area contributed by atoms with Gasteiger partial charge in [-0.25, -0.2) is 4.39 Å². The first kappa shape index (κ1) is 15.4. The summed E-state index contributed by atoms with van der Waals surface area (Å²) in [4.78, 5) is 1.38. The molecule has 0 saturated carbocycles. The van der Waals surface area contributed by atoms with E-state index in [-0.39, 0.29) is 16.9 Å². The van der Waals surface area contributed by atoms with Crippen LogP contribution in [0.4, 0.5) is 4.39 Å². The predicted molar refractivity (Wildman–Crippen MR) is 83.5 cm³/mol. The predicted octanol–water partition coefficient (Wildman–Crippen LogP) is 3.94. The Labute approximate surface area is 127 Å². The van der Waals surface area contributed by atoms with Gasteiger partial charge in [0.25, 0.3) is 0 Å². The van der Waals surface area contributed by atoms with Crippen molar-refractivity contribution in [2.45, 2.75) is 31.7 Å². The SMILES string of the molecule is NNC(CCCc1cccs1)Cc1cccc(F)c1Cl. The van der Waals surface area contributed by atoms with Gasteiger partial charge in [0.05, 0.1) is 5.02 Å². The fraction of sp³-hybridized carbons (Fsp3) is 0.333. The lowest BCUT2D eigenvalue weighted by molar-refractivity contribution is 0.476. The standard InChI is InChI=1S/C15H18ClFN2S/c16-15-11(4-1-8-14(15)17)10-12(19-18)5-2-6-13-7-3-9-20-13/h1,3-4,7-9,12,19H,2,5-6,10,18H2. The topological polar surface area (TPSA) is 38.0 Å². The van der Waals surface area contributed by atoms with Crippen LogP contribution in [0.15, 0.2) is 35.7 Å². The monoisotopic (exact) mass is 312 g/mol. The molecule has 0 amide bonds. The molecule has 0 aliphatic carbocycles. The third-order valence-electron chi connectivity index (χ3n) is 3.29. The maximum absolute atomic E-state index is 13.4. The first-order valence-electron chi connectivity index (χ1n) is 6.62. The zero-order chi connectivity index (χ0) is 14.4. The molecular weight excluding hydrogens is 295 g/mol. The fourth-order valence-corrected chi connectivity index (χ4v) is 3.15. The Morgan fingerprint density at radius 3 is 2.85 bits per heavy atom. The van der Waals surface area contributed by atoms with Crippen molar-refractivity contribution in [1.29, 1.82) is 0 Å². The lowest BCUT2D eigenvalue weighted by atomic mass is 10.0. The fourth-order valence-electron chi connectivity index (χ4n) is 2.19. The van der Waals surface area contributed by atoms with Crippen molar-refractivity contribution in [3.8, 4) is 0 Å². The first-order valence-corrected chi connectivity index (χ1v) is 7.88. The summed E-state index contributed by atoms with van der Waals surface area (Å²) in [5.41, 5.74) is 3.60. The van der Waals surface area contributed by atoms with E-state index in [9.17, 15) is 4.39 Å². The second-order valence-corrected chi connectivity index (χ2v) is 6.16. The lowest BCUT2D eigenvalue weighted by Gasteiger charge is -2.16. The van der Waals surface area contributed by atoms with Crippen LogP contribution in [0.3, 0.4) is 0 Å². The minimum atomic E-state index is -0.376. The maximum Gasteiger partial charge on any atom is 0.142 e. The quantitative estimate of drug-likeness (QED) is 0.600. The maximum atomic E-state index is 13.4. The summed E-state index contributed by atoms with van der Waals surface area (Å²) < 4.78 is 13.4. The van der Waals surface area contributed by atoms with E-state index in [0.717, 1.165) is 24.8 Å². The molecule has 2 rings (SSSR count). The summed E-state index contributed by atoms with van der Waals surface area (Å²) in [5.74, 6) is 5.21. The van der Waals surface area contributed by atoms with Crippen LogP contribution in [0.2, 0.25) is 5.02 Å². The molecule has 1 heterocycles. The lowest BCUT2D eigenvalue weighted by Crippen LogP contribution is -2.36. The number of nitrogens with one attached hydrogen (secondary N) is 1. The van der Waals surface area contributed by atoms with E-state index in [0.29, 0.717) is 6.42 Å². The number of aryl methyl sites for hydroxylation is 1. The van der Waals surface area contributed by atoms with Gasteiger partial charge in [0, 0.05) is 10.9 Å². The summed E-state index contributed by atoms with van der Waals surface area (Å²) in [7, 11) is 0. The molecule has 108 valence electrons. The second kappa shape index (κ2) is 7.74. The van der Waals surface area contributed by atoms with Gasteiger partial charge in [0.1, 0.15) is 5.82 Å². The molecule has 0 fully saturated rings. The molecule has 20 heavy (non-hydrogen) atoms. The smallest absolute Gasteiger partial charge is 0.142 e. The molecule has 0 spiro atoms. The molecule has 5 heteroatoms. The van der Waals surface area contributed by atoms with Crippen molar-refractivity contribution >= 4 is 22.9 Å². The van der Waals surface area contributed by atoms with Crippen molar-refractivity contribution < 1.29 is 4.39 Å². The largest absolute Gasteiger partial charge is 0.271 e. The zero-order valence-electron chi connectivity index (χ0n) is 11.1. The summed E-state index contributed by atoms with van der Waals surface area (Å²) in [6, 6.07) is 9.19. The second-order valence-electron chi connectivity index (χ2n) is 4.75. The van der Waals surface area contributed by atoms with E-state index in [1.807, 2.05) is 6.07 Å². The molecule has 1 atom stereocenters. The van der Waals surface area contributed by atoms with Gasteiger partial charge in [-0.15, -0.1) is 11.3 Å². The molecule has 1 aromatic carbocycles. The Morgan fingerprint density at radius 1 is 1.30 bits per heavy atom. The zero-order valence-corrected chi connectivity index (χ0v) is 12.7. The highest BCUT2D eigenvalue weighted by Gasteiger charge is 2.12. The van der Waals surface area contributed by atoms with Gasteiger partial charge < -0.3 is 0 Å². The van der Waals surface area contributed by atoms with Crippen LogP contribution < -0.4 is 11.3 Å². The van der Waals surface area contributed by atoms with Crippen LogP contribution in [0, 0.1) is 5.82 Å². The van der Waals surface area contributed by atoms with E-state index < -0.39 is 0 Å². The molecular formula is C15H18ClFN2S. The Bertz CT molecular complexity index is 531. The molecule has 0 saturated heterocycles. The molecule has 0 aliphatic rings. The van der Waals surface area contributed by atoms with Gasteiger partial charge in [-0.2, -0.15) is 0 Å². The minimum Gasteiger partial charge on any atom is -0.271 e. The van der Waals surface area contributed by atoms with E-state index in [4.69, 9.17) is 17.4 Å². The number of hydrogen-bond donors (Lipinski definition) is 2. The van der Waals surface area contributed by atoms with Gasteiger partial charge in [-0.1, -0.05) is 29.8 Å². The van der Waals surface area contributed by atoms with Crippen molar-refractivity contribution in [2.24, 2.45) is 5.84 Å². The van der Waals surface area contributed by atoms with Crippen LogP contribution in [0.25, 0.3) is 0 Å². The van der Waals surface area contributed by atoms with E-state index in [1.54, 1.807) is 17.4 Å². The number of thiophene rings is 1. The third-order valence-corrected chi connectivity index (χ3v) is 4.65. The summed E-state index contributed by atoms with van der Waals surface area (Å²) in [6.07, 6.45) is 3.66. The Kier molecular flexibility index (Phi) is 5.98. The average Bonchev–Trinajstić information content (AvgIpc) is 2.95. The Hall–Kier alpha value is -0.940. The molecule has 0 radical (unpaired) electrons. The highest BCUT2D eigenvalue weighted by molar-refractivity contribution is 7.09. The van der Waals surface area contributed by atoms with Gasteiger partial charge in [0.2, 0.25) is 0 Å². The first-order chi connectivity index (χ1) is 9.70. The molecule has 1 unspecified atom stereocenters. The van der Waals surface area contributed by atoms with Gasteiger partial charge in [0.15, 0.2) is 0 Å². The Balaban J connectivity index is 1.87. The number of hydrazine groups is 1. The van der Waals surface area contributed by atoms with Crippen LogP contribution in [0.5, 0.6) is 0 Å². The highest BCUT2D eigenvalue weighted by Crippen LogP contribution is 2.22. The molecule has 0 aliphatic heterocycles. The van der Waals surface area contributed by atoms with Crippen molar-refractivity contribution in [3.05, 3.63) is 57.0 Å². The van der Waals surface area contributed by atoms with Crippen LogP contribution in [-0.2, 0) is 12.8 Å². The summed E-state index contributed by atoms with van der Waals surface area (Å²) in [5, 5.41) is 2.28. The number of hydrogen-bond acceptors (Lipinski definition) is 3. The van der Waals surface area contributed by atoms with Crippen LogP contribution in [0.1, 0.15) is 23.3 Å². The number of benzene rings is 1. The van der Waals surface area contributed by atoms with E-state index >= 15 is 0 Å². The number of nitrogens with two attached hydrogens (primary N) is 1. The third kappa shape index (κ3) is 4.28. The van der Waals surface area contributed by atoms with Gasteiger partial charge in [-0.3, -0.25) is 11.3 Å². The normalized spacial score (nSPS) is 12.6. The molecule has 0 bridgehead atoms. The number of rotatable bonds is 7. The Morgan fingerprint density at radius 2 is 2.15 bits per heavy atom. The van der Waals surface area contributed by atoms with Crippen molar-refractivity contribution in [3.63, 3.8) is 0 Å². The van der Waals surface area contributed by atoms with Crippen molar-refractivity contribution in [2.75, 3.05) is 0 Å². The highest BCUT2D eigenvalue weighted by atomic mass is 35.5. The van der Waals surface area contributed by atoms with E-state index in [1.165, 1.54) is 10.9 Å².